The smallest absolute Gasteiger partial charge is 0.229 e. The van der Waals surface area contributed by atoms with Crippen molar-refractivity contribution < 1.29 is 27.1 Å². The van der Waals surface area contributed by atoms with Gasteiger partial charge >= 0.3 is 0 Å². The van der Waals surface area contributed by atoms with Crippen LogP contribution in [0.1, 0.15) is 42.6 Å². The van der Waals surface area contributed by atoms with E-state index in [-0.39, 0.29) is 28.4 Å². The van der Waals surface area contributed by atoms with E-state index in [9.17, 15) is 17.6 Å². The monoisotopic (exact) mass is 570 g/mol. The minimum absolute atomic E-state index is 0.0932. The van der Waals surface area contributed by atoms with Crippen LogP contribution >= 0.6 is 0 Å². The third kappa shape index (κ3) is 7.14. The van der Waals surface area contributed by atoms with Crippen molar-refractivity contribution in [3.8, 4) is 17.5 Å². The fourth-order valence-electron chi connectivity index (χ4n) is 4.62. The third-order valence-corrected chi connectivity index (χ3v) is 8.14. The van der Waals surface area contributed by atoms with Crippen LogP contribution in [0.4, 0.5) is 10.1 Å². The molecule has 1 fully saturated rings. The molecule has 0 amide bonds. The van der Waals surface area contributed by atoms with Crippen molar-refractivity contribution in [2.45, 2.75) is 44.6 Å². The second-order valence-electron chi connectivity index (χ2n) is 9.81. The maximum atomic E-state index is 14.5. The number of halogens is 1. The number of Topliss-reactive ketones (excluding diaryl/α,β-unsaturated/α-hetero) is 1. The minimum Gasteiger partial charge on any atom is -0.474 e. The summed E-state index contributed by atoms with van der Waals surface area (Å²) in [6.07, 6.45) is 3.62. The molecule has 1 aliphatic rings. The Labute approximate surface area is 234 Å². The third-order valence-electron chi connectivity index (χ3n) is 7.03. The van der Waals surface area contributed by atoms with E-state index in [2.05, 4.69) is 33.6 Å². The van der Waals surface area contributed by atoms with Crippen molar-refractivity contribution >= 4 is 21.3 Å². The van der Waals surface area contributed by atoms with Crippen LogP contribution in [0.2, 0.25) is 0 Å². The van der Waals surface area contributed by atoms with Crippen LogP contribution in [0.25, 0.3) is 0 Å². The number of carbonyl (C=O) groups excluding carboxylic acids is 1. The van der Waals surface area contributed by atoms with E-state index >= 15 is 0 Å². The largest absolute Gasteiger partial charge is 0.474 e. The highest BCUT2D eigenvalue weighted by molar-refractivity contribution is 7.90. The zero-order valence-corrected chi connectivity index (χ0v) is 24.1. The van der Waals surface area contributed by atoms with E-state index in [1.165, 1.54) is 18.5 Å². The van der Waals surface area contributed by atoms with Gasteiger partial charge in [0.25, 0.3) is 0 Å². The van der Waals surface area contributed by atoms with Gasteiger partial charge in [-0.2, -0.15) is 0 Å². The number of sulfone groups is 1. The number of piperidine rings is 1. The molecule has 0 unspecified atom stereocenters. The lowest BCUT2D eigenvalue weighted by molar-refractivity contribution is 0.0774. The van der Waals surface area contributed by atoms with E-state index in [0.717, 1.165) is 43.9 Å². The first-order valence-corrected chi connectivity index (χ1v) is 15.2. The molecule has 4 rings (SSSR count). The van der Waals surface area contributed by atoms with Gasteiger partial charge in [-0.25, -0.2) is 22.8 Å². The summed E-state index contributed by atoms with van der Waals surface area (Å²) in [7, 11) is -3.54. The number of likely N-dealkylation sites (tertiary alicyclic amines) is 1. The summed E-state index contributed by atoms with van der Waals surface area (Å²) in [5, 5.41) is 0. The second-order valence-corrected chi connectivity index (χ2v) is 11.8. The summed E-state index contributed by atoms with van der Waals surface area (Å²) >= 11 is 0. The molecule has 0 atom stereocenters. The highest BCUT2D eigenvalue weighted by Gasteiger charge is 2.24. The molecule has 2 heterocycles. The lowest BCUT2D eigenvalue weighted by atomic mass is 10.1. The van der Waals surface area contributed by atoms with Crippen molar-refractivity contribution in [1.82, 2.24) is 14.9 Å². The number of hydrogen-bond acceptors (Lipinski definition) is 9. The van der Waals surface area contributed by atoms with Crippen LogP contribution in [0.5, 0.6) is 17.5 Å². The molecule has 2 aromatic carbocycles. The fraction of sp³-hybridized carbons (Fsp3) is 0.414. The molecule has 0 spiro atoms. The number of nitrogens with zero attached hydrogens (tertiary/aromatic N) is 4. The Balaban J connectivity index is 1.32. The molecule has 0 aliphatic carbocycles. The molecule has 1 saturated heterocycles. The molecule has 0 saturated carbocycles. The van der Waals surface area contributed by atoms with Crippen molar-refractivity contribution in [3.05, 3.63) is 65.7 Å². The quantitative estimate of drug-likeness (QED) is 0.304. The van der Waals surface area contributed by atoms with Gasteiger partial charge in [0.2, 0.25) is 11.8 Å². The lowest BCUT2D eigenvalue weighted by Crippen LogP contribution is -2.41. The molecule has 3 aromatic rings. The lowest BCUT2D eigenvalue weighted by Gasteiger charge is -2.31. The summed E-state index contributed by atoms with van der Waals surface area (Å²) in [5.41, 5.74) is 2.32. The SMILES string of the molecule is CCN(CC)c1ccc(C(=O)CN2CCC(Oc3ncnc(Oc4ccc(S(C)(=O)=O)cc4F)c3C)CC2)cc1. The van der Waals surface area contributed by atoms with Crippen LogP contribution in [-0.4, -0.2) is 74.2 Å². The zero-order valence-electron chi connectivity index (χ0n) is 23.3. The highest BCUT2D eigenvalue weighted by atomic mass is 32.2. The van der Waals surface area contributed by atoms with Crippen LogP contribution in [-0.2, 0) is 9.84 Å². The molecule has 0 bridgehead atoms. The Morgan fingerprint density at radius 2 is 1.70 bits per heavy atom. The minimum atomic E-state index is -3.54. The van der Waals surface area contributed by atoms with E-state index in [4.69, 9.17) is 9.47 Å². The number of carbonyl (C=O) groups is 1. The first-order chi connectivity index (χ1) is 19.1. The van der Waals surface area contributed by atoms with Crippen molar-refractivity contribution in [3.63, 3.8) is 0 Å². The summed E-state index contributed by atoms with van der Waals surface area (Å²) in [4.78, 5) is 25.4. The fourth-order valence-corrected chi connectivity index (χ4v) is 5.26. The maximum Gasteiger partial charge on any atom is 0.229 e. The summed E-state index contributed by atoms with van der Waals surface area (Å²) in [6.45, 7) is 9.54. The summed E-state index contributed by atoms with van der Waals surface area (Å²) in [6, 6.07) is 11.2. The highest BCUT2D eigenvalue weighted by Crippen LogP contribution is 2.31. The van der Waals surface area contributed by atoms with Gasteiger partial charge in [0, 0.05) is 43.7 Å². The van der Waals surface area contributed by atoms with E-state index < -0.39 is 15.7 Å². The molecule has 40 heavy (non-hydrogen) atoms. The van der Waals surface area contributed by atoms with Crippen molar-refractivity contribution in [2.75, 3.05) is 43.9 Å². The Bertz CT molecular complexity index is 1440. The average molecular weight is 571 g/mol. The van der Waals surface area contributed by atoms with Gasteiger partial charge in [0.15, 0.2) is 27.2 Å². The van der Waals surface area contributed by atoms with Gasteiger partial charge < -0.3 is 14.4 Å². The predicted molar refractivity (Wildman–Crippen MR) is 151 cm³/mol. The zero-order chi connectivity index (χ0) is 28.9. The van der Waals surface area contributed by atoms with E-state index in [0.29, 0.717) is 36.6 Å². The van der Waals surface area contributed by atoms with Gasteiger partial charge in [-0.15, -0.1) is 0 Å². The van der Waals surface area contributed by atoms with Gasteiger partial charge in [-0.3, -0.25) is 9.69 Å². The molecular formula is C29H35FN4O5S. The molecular weight excluding hydrogens is 535 g/mol. The molecule has 11 heteroatoms. The Hall–Kier alpha value is -3.57. The molecule has 1 aromatic heterocycles. The van der Waals surface area contributed by atoms with Crippen LogP contribution in [0.15, 0.2) is 53.7 Å². The Kier molecular flexibility index (Phi) is 9.36. The normalized spacial score (nSPS) is 14.6. The molecule has 0 radical (unpaired) electrons. The second kappa shape index (κ2) is 12.7. The Morgan fingerprint density at radius 1 is 1.05 bits per heavy atom. The standard InChI is InChI=1S/C29H35FN4O5S/c1-5-34(6-2)22-9-7-21(8-10-22)26(35)18-33-15-13-23(14-16-33)38-28-20(3)29(32-19-31-28)39-27-12-11-24(17-25(27)30)40(4,36)37/h7-12,17,19,23H,5-6,13-16,18H2,1-4H3. The molecule has 9 nitrogen and oxygen atoms in total. The number of rotatable bonds is 11. The first kappa shape index (κ1) is 29.4. The first-order valence-electron chi connectivity index (χ1n) is 13.3. The van der Waals surface area contributed by atoms with Crippen molar-refractivity contribution in [2.24, 2.45) is 0 Å². The van der Waals surface area contributed by atoms with Crippen LogP contribution in [0.3, 0.4) is 0 Å². The van der Waals surface area contributed by atoms with Crippen LogP contribution < -0.4 is 14.4 Å². The maximum absolute atomic E-state index is 14.5. The van der Waals surface area contributed by atoms with Gasteiger partial charge in [-0.05, 0) is 76.1 Å². The van der Waals surface area contributed by atoms with Gasteiger partial charge in [0.05, 0.1) is 17.0 Å². The summed E-state index contributed by atoms with van der Waals surface area (Å²) in [5.74, 6) is -0.422. The predicted octanol–water partition coefficient (Wildman–Crippen LogP) is 4.69. The van der Waals surface area contributed by atoms with Crippen molar-refractivity contribution in [1.29, 1.82) is 0 Å². The number of ether oxygens (including phenoxy) is 2. The molecule has 1 aliphatic heterocycles. The van der Waals surface area contributed by atoms with E-state index in [1.807, 2.05) is 24.3 Å². The number of aromatic nitrogens is 2. The average Bonchev–Trinajstić information content (AvgIpc) is 2.93. The Morgan fingerprint density at radius 3 is 2.30 bits per heavy atom. The number of hydrogen-bond donors (Lipinski definition) is 0. The van der Waals surface area contributed by atoms with Crippen LogP contribution in [0, 0.1) is 12.7 Å². The van der Waals surface area contributed by atoms with E-state index in [1.54, 1.807) is 6.92 Å². The number of benzene rings is 2. The number of ketones is 1. The number of anilines is 1. The topological polar surface area (TPSA) is 102 Å². The summed E-state index contributed by atoms with van der Waals surface area (Å²) < 4.78 is 49.6. The van der Waals surface area contributed by atoms with Gasteiger partial charge in [0.1, 0.15) is 12.4 Å². The molecule has 214 valence electrons. The van der Waals surface area contributed by atoms with Gasteiger partial charge in [-0.1, -0.05) is 0 Å². The molecule has 0 N–H and O–H groups in total.